The van der Waals surface area contributed by atoms with Crippen LogP contribution in [0.25, 0.3) is 16.6 Å². The van der Waals surface area contributed by atoms with Gasteiger partial charge in [0.15, 0.2) is 0 Å². The van der Waals surface area contributed by atoms with Crippen molar-refractivity contribution in [3.63, 3.8) is 0 Å². The first-order valence-corrected chi connectivity index (χ1v) is 6.31. The molecule has 2 aromatic heterocycles. The Kier molecular flexibility index (Phi) is 2.79. The van der Waals surface area contributed by atoms with Gasteiger partial charge in [0, 0.05) is 29.1 Å². The highest BCUT2D eigenvalue weighted by Crippen LogP contribution is 2.26. The zero-order valence-electron chi connectivity index (χ0n) is 9.65. The summed E-state index contributed by atoms with van der Waals surface area (Å²) in [6, 6.07) is 9.21. The molecule has 0 N–H and O–H groups in total. The van der Waals surface area contributed by atoms with Crippen LogP contribution in [0.5, 0.6) is 0 Å². The summed E-state index contributed by atoms with van der Waals surface area (Å²) < 4.78 is 2.26. The van der Waals surface area contributed by atoms with Gasteiger partial charge in [-0.2, -0.15) is 0 Å². The van der Waals surface area contributed by atoms with Gasteiger partial charge < -0.3 is 4.57 Å². The Morgan fingerprint density at radius 1 is 1.21 bits per heavy atom. The number of nitro groups is 1. The molecule has 0 aliphatic carbocycles. The highest BCUT2D eigenvalue weighted by molar-refractivity contribution is 9.10. The van der Waals surface area contributed by atoms with Gasteiger partial charge in [0.25, 0.3) is 0 Å². The van der Waals surface area contributed by atoms with Crippen LogP contribution in [0, 0.1) is 10.1 Å². The monoisotopic (exact) mass is 317 g/mol. The number of pyridine rings is 1. The summed E-state index contributed by atoms with van der Waals surface area (Å²) in [5, 5.41) is 13.1. The lowest BCUT2D eigenvalue weighted by molar-refractivity contribution is -0.384. The van der Waals surface area contributed by atoms with E-state index >= 15 is 0 Å². The number of benzene rings is 1. The second-order valence-corrected chi connectivity index (χ2v) is 4.96. The summed E-state index contributed by atoms with van der Waals surface area (Å²) in [6.45, 7) is 0. The second kappa shape index (κ2) is 4.47. The normalized spacial score (nSPS) is 10.8. The van der Waals surface area contributed by atoms with Crippen molar-refractivity contribution < 1.29 is 4.92 Å². The highest BCUT2D eigenvalue weighted by atomic mass is 79.9. The molecular formula is C13H8BrN3O2. The first kappa shape index (κ1) is 11.9. The van der Waals surface area contributed by atoms with Crippen molar-refractivity contribution >= 4 is 32.4 Å². The summed E-state index contributed by atoms with van der Waals surface area (Å²) in [4.78, 5) is 14.8. The maximum atomic E-state index is 11.1. The van der Waals surface area contributed by atoms with Crippen LogP contribution in [0.1, 0.15) is 0 Å². The lowest BCUT2D eigenvalue weighted by atomic mass is 10.2. The maximum Gasteiger partial charge on any atom is 0.313 e. The predicted octanol–water partition coefficient (Wildman–Crippen LogP) is 3.70. The molecular weight excluding hydrogens is 310 g/mol. The zero-order valence-corrected chi connectivity index (χ0v) is 11.2. The number of rotatable bonds is 2. The second-order valence-electron chi connectivity index (χ2n) is 4.05. The molecule has 1 aromatic carbocycles. The molecule has 0 fully saturated rings. The summed E-state index contributed by atoms with van der Waals surface area (Å²) >= 11 is 3.20. The molecule has 0 saturated heterocycles. The molecule has 0 aliphatic rings. The van der Waals surface area contributed by atoms with Gasteiger partial charge in [0.1, 0.15) is 0 Å². The predicted molar refractivity (Wildman–Crippen MR) is 75.4 cm³/mol. The quantitative estimate of drug-likeness (QED) is 0.535. The fourth-order valence-corrected chi connectivity index (χ4v) is 2.28. The molecule has 6 heteroatoms. The highest BCUT2D eigenvalue weighted by Gasteiger charge is 2.17. The Morgan fingerprint density at radius 2 is 1.84 bits per heavy atom. The minimum absolute atomic E-state index is 0.0327. The third kappa shape index (κ3) is 2.10. The molecule has 19 heavy (non-hydrogen) atoms. The molecule has 0 bridgehead atoms. The van der Waals surface area contributed by atoms with Crippen LogP contribution < -0.4 is 0 Å². The number of hydrogen-bond acceptors (Lipinski definition) is 3. The van der Waals surface area contributed by atoms with E-state index in [9.17, 15) is 10.1 Å². The summed E-state index contributed by atoms with van der Waals surface area (Å²) in [5.74, 6) is 0.310. The van der Waals surface area contributed by atoms with Gasteiger partial charge in [-0.3, -0.25) is 10.1 Å². The molecule has 0 amide bonds. The number of hydrogen-bond donors (Lipinski definition) is 0. The van der Waals surface area contributed by atoms with Crippen molar-refractivity contribution in [2.24, 2.45) is 0 Å². The molecule has 3 rings (SSSR count). The van der Waals surface area contributed by atoms with E-state index in [0.29, 0.717) is 10.3 Å². The first-order valence-electron chi connectivity index (χ1n) is 5.52. The molecule has 0 radical (unpaired) electrons. The minimum atomic E-state index is -0.433. The topological polar surface area (TPSA) is 61.0 Å². The standard InChI is InChI=1S/C13H8BrN3O2/c14-11-5-12(17(18)19)13(15-6-11)16-7-9-3-1-2-4-10(9)8-16/h1-8H. The van der Waals surface area contributed by atoms with Gasteiger partial charge in [-0.15, -0.1) is 0 Å². The van der Waals surface area contributed by atoms with Gasteiger partial charge in [-0.05, 0) is 26.7 Å². The number of aromatic nitrogens is 2. The van der Waals surface area contributed by atoms with Crippen molar-refractivity contribution in [2.45, 2.75) is 0 Å². The molecule has 94 valence electrons. The minimum Gasteiger partial charge on any atom is -0.302 e. The van der Waals surface area contributed by atoms with Crippen molar-refractivity contribution in [3.05, 3.63) is 63.5 Å². The van der Waals surface area contributed by atoms with E-state index < -0.39 is 4.92 Å². The van der Waals surface area contributed by atoms with Gasteiger partial charge >= 0.3 is 5.69 Å². The largest absolute Gasteiger partial charge is 0.313 e. The van der Waals surface area contributed by atoms with E-state index in [2.05, 4.69) is 20.9 Å². The van der Waals surface area contributed by atoms with Crippen LogP contribution in [-0.2, 0) is 0 Å². The van der Waals surface area contributed by atoms with E-state index in [1.165, 1.54) is 6.07 Å². The zero-order chi connectivity index (χ0) is 13.4. The Bertz CT molecular complexity index is 749. The summed E-state index contributed by atoms with van der Waals surface area (Å²) in [6.07, 6.45) is 5.21. The van der Waals surface area contributed by atoms with E-state index in [-0.39, 0.29) is 5.69 Å². The van der Waals surface area contributed by atoms with Crippen molar-refractivity contribution in [3.8, 4) is 5.82 Å². The average molecular weight is 318 g/mol. The molecule has 0 atom stereocenters. The molecule has 5 nitrogen and oxygen atoms in total. The van der Waals surface area contributed by atoms with Crippen molar-refractivity contribution in [1.29, 1.82) is 0 Å². The Balaban J connectivity index is 2.23. The third-order valence-electron chi connectivity index (χ3n) is 2.81. The first-order chi connectivity index (χ1) is 9.15. The molecule has 0 saturated carbocycles. The summed E-state index contributed by atoms with van der Waals surface area (Å²) in [7, 11) is 0. The molecule has 0 unspecified atom stereocenters. The lowest BCUT2D eigenvalue weighted by Gasteiger charge is -2.02. The van der Waals surface area contributed by atoms with Gasteiger partial charge in [-0.25, -0.2) is 4.98 Å². The maximum absolute atomic E-state index is 11.1. The number of fused-ring (bicyclic) bond motifs is 1. The molecule has 3 aromatic rings. The van der Waals surface area contributed by atoms with E-state index in [0.717, 1.165) is 10.8 Å². The van der Waals surface area contributed by atoms with Crippen LogP contribution in [-0.4, -0.2) is 14.5 Å². The SMILES string of the molecule is O=[N+]([O-])c1cc(Br)cnc1-n1cc2ccccc2c1. The molecule has 0 aliphatic heterocycles. The molecule has 2 heterocycles. The fourth-order valence-electron chi connectivity index (χ4n) is 1.96. The average Bonchev–Trinajstić information content (AvgIpc) is 2.82. The fraction of sp³-hybridized carbons (Fsp3) is 0. The van der Waals surface area contributed by atoms with E-state index in [1.807, 2.05) is 36.7 Å². The number of nitrogens with zero attached hydrogens (tertiary/aromatic N) is 3. The van der Waals surface area contributed by atoms with Crippen LogP contribution >= 0.6 is 15.9 Å². The molecule has 0 spiro atoms. The Morgan fingerprint density at radius 3 is 2.42 bits per heavy atom. The summed E-state index contributed by atoms with van der Waals surface area (Å²) in [5.41, 5.74) is -0.0327. The van der Waals surface area contributed by atoms with Crippen LogP contribution in [0.4, 0.5) is 5.69 Å². The van der Waals surface area contributed by atoms with Gasteiger partial charge in [-0.1, -0.05) is 24.3 Å². The van der Waals surface area contributed by atoms with Gasteiger partial charge in [0.05, 0.1) is 4.92 Å². The number of halogens is 1. The third-order valence-corrected chi connectivity index (χ3v) is 3.24. The van der Waals surface area contributed by atoms with Crippen molar-refractivity contribution in [1.82, 2.24) is 9.55 Å². The van der Waals surface area contributed by atoms with E-state index in [1.54, 1.807) is 10.8 Å². The Labute approximate surface area is 116 Å². The van der Waals surface area contributed by atoms with E-state index in [4.69, 9.17) is 0 Å². The smallest absolute Gasteiger partial charge is 0.302 e. The van der Waals surface area contributed by atoms with Gasteiger partial charge in [0.2, 0.25) is 5.82 Å². The Hall–Kier alpha value is -2.21. The lowest BCUT2D eigenvalue weighted by Crippen LogP contribution is -2.00. The van der Waals surface area contributed by atoms with Crippen LogP contribution in [0.15, 0.2) is 53.4 Å². The van der Waals surface area contributed by atoms with Crippen LogP contribution in [0.2, 0.25) is 0 Å². The van der Waals surface area contributed by atoms with Crippen LogP contribution in [0.3, 0.4) is 0 Å². The van der Waals surface area contributed by atoms with Crippen molar-refractivity contribution in [2.75, 3.05) is 0 Å².